The van der Waals surface area contributed by atoms with Gasteiger partial charge in [0.25, 0.3) is 0 Å². The number of likely N-dealkylation sites (tertiary alicyclic amines) is 1. The van der Waals surface area contributed by atoms with E-state index >= 15 is 0 Å². The maximum Gasteiger partial charge on any atom is 0.307 e. The van der Waals surface area contributed by atoms with Gasteiger partial charge in [-0.05, 0) is 33.1 Å². The van der Waals surface area contributed by atoms with E-state index in [-0.39, 0.29) is 17.9 Å². The van der Waals surface area contributed by atoms with Crippen molar-refractivity contribution in [3.63, 3.8) is 0 Å². The van der Waals surface area contributed by atoms with Crippen molar-refractivity contribution >= 4 is 11.9 Å². The highest BCUT2D eigenvalue weighted by Crippen LogP contribution is 2.38. The van der Waals surface area contributed by atoms with E-state index in [0.717, 1.165) is 25.9 Å². The maximum atomic E-state index is 11.8. The third-order valence-electron chi connectivity index (χ3n) is 4.05. The van der Waals surface area contributed by atoms with Gasteiger partial charge in [-0.2, -0.15) is 0 Å². The van der Waals surface area contributed by atoms with Crippen molar-refractivity contribution in [2.24, 2.45) is 11.8 Å². The second-order valence-electron chi connectivity index (χ2n) is 5.70. The van der Waals surface area contributed by atoms with E-state index < -0.39 is 11.9 Å². The SMILES string of the molecule is CC(C)N1CCC(NC(=O)C2CC2C(=O)O)CC1. The molecule has 0 aromatic heterocycles. The van der Waals surface area contributed by atoms with Gasteiger partial charge in [-0.25, -0.2) is 0 Å². The van der Waals surface area contributed by atoms with Crippen molar-refractivity contribution in [3.8, 4) is 0 Å². The van der Waals surface area contributed by atoms with Crippen LogP contribution in [0.3, 0.4) is 0 Å². The normalized spacial score (nSPS) is 29.3. The lowest BCUT2D eigenvalue weighted by Crippen LogP contribution is -2.47. The van der Waals surface area contributed by atoms with Crippen molar-refractivity contribution < 1.29 is 14.7 Å². The Morgan fingerprint density at radius 1 is 1.22 bits per heavy atom. The van der Waals surface area contributed by atoms with Gasteiger partial charge in [0, 0.05) is 25.2 Å². The summed E-state index contributed by atoms with van der Waals surface area (Å²) in [7, 11) is 0. The first kappa shape index (κ1) is 13.3. The number of carboxylic acids is 1. The van der Waals surface area contributed by atoms with Gasteiger partial charge in [-0.15, -0.1) is 0 Å². The third-order valence-corrected chi connectivity index (χ3v) is 4.05. The van der Waals surface area contributed by atoms with Gasteiger partial charge in [-0.3, -0.25) is 9.59 Å². The van der Waals surface area contributed by atoms with Crippen molar-refractivity contribution in [1.29, 1.82) is 0 Å². The fraction of sp³-hybridized carbons (Fsp3) is 0.846. The van der Waals surface area contributed by atoms with Crippen LogP contribution in [-0.2, 0) is 9.59 Å². The number of carbonyl (C=O) groups is 2. The molecule has 2 unspecified atom stereocenters. The van der Waals surface area contributed by atoms with Crippen LogP contribution >= 0.6 is 0 Å². The summed E-state index contributed by atoms with van der Waals surface area (Å²) < 4.78 is 0. The standard InChI is InChI=1S/C13H22N2O3/c1-8(2)15-5-3-9(4-6-15)14-12(16)10-7-11(10)13(17)18/h8-11H,3-7H2,1-2H3,(H,14,16)(H,17,18). The predicted octanol–water partition coefficient (Wildman–Crippen LogP) is 0.696. The van der Waals surface area contributed by atoms with Crippen LogP contribution in [0.2, 0.25) is 0 Å². The fourth-order valence-corrected chi connectivity index (χ4v) is 2.63. The van der Waals surface area contributed by atoms with Gasteiger partial charge in [0.1, 0.15) is 0 Å². The average Bonchev–Trinajstić information content (AvgIpc) is 3.09. The lowest BCUT2D eigenvalue weighted by molar-refractivity contribution is -0.140. The van der Waals surface area contributed by atoms with Crippen LogP contribution in [0.5, 0.6) is 0 Å². The zero-order valence-electron chi connectivity index (χ0n) is 11.1. The molecule has 2 atom stereocenters. The molecule has 0 spiro atoms. The molecular weight excluding hydrogens is 232 g/mol. The Morgan fingerprint density at radius 3 is 2.28 bits per heavy atom. The maximum absolute atomic E-state index is 11.8. The molecule has 1 saturated carbocycles. The number of carbonyl (C=O) groups excluding carboxylic acids is 1. The van der Waals surface area contributed by atoms with Crippen LogP contribution in [0, 0.1) is 11.8 Å². The summed E-state index contributed by atoms with van der Waals surface area (Å²) >= 11 is 0. The molecule has 2 aliphatic rings. The fourth-order valence-electron chi connectivity index (χ4n) is 2.63. The molecule has 1 aliphatic heterocycles. The minimum Gasteiger partial charge on any atom is -0.481 e. The smallest absolute Gasteiger partial charge is 0.307 e. The number of aliphatic carboxylic acids is 1. The van der Waals surface area contributed by atoms with Crippen LogP contribution in [0.15, 0.2) is 0 Å². The van der Waals surface area contributed by atoms with E-state index in [1.165, 1.54) is 0 Å². The predicted molar refractivity (Wildman–Crippen MR) is 67.1 cm³/mol. The Bertz CT molecular complexity index is 335. The Kier molecular flexibility index (Phi) is 3.90. The number of hydrogen-bond donors (Lipinski definition) is 2. The molecule has 1 saturated heterocycles. The Morgan fingerprint density at radius 2 is 1.83 bits per heavy atom. The monoisotopic (exact) mass is 254 g/mol. The van der Waals surface area contributed by atoms with Crippen molar-refractivity contribution in [2.45, 2.75) is 45.2 Å². The highest BCUT2D eigenvalue weighted by Gasteiger charge is 2.48. The summed E-state index contributed by atoms with van der Waals surface area (Å²) in [5.74, 6) is -1.64. The van der Waals surface area contributed by atoms with Gasteiger partial charge in [0.05, 0.1) is 11.8 Å². The summed E-state index contributed by atoms with van der Waals surface area (Å²) in [6.07, 6.45) is 2.44. The molecule has 0 aromatic carbocycles. The summed E-state index contributed by atoms with van der Waals surface area (Å²) in [4.78, 5) is 24.9. The molecule has 1 heterocycles. The number of piperidine rings is 1. The van der Waals surface area contributed by atoms with Crippen molar-refractivity contribution in [2.75, 3.05) is 13.1 Å². The van der Waals surface area contributed by atoms with Crippen LogP contribution in [0.25, 0.3) is 0 Å². The molecule has 5 nitrogen and oxygen atoms in total. The van der Waals surface area contributed by atoms with E-state index in [0.29, 0.717) is 12.5 Å². The Balaban J connectivity index is 1.72. The summed E-state index contributed by atoms with van der Waals surface area (Å²) in [6, 6.07) is 0.781. The zero-order valence-corrected chi connectivity index (χ0v) is 11.1. The second-order valence-corrected chi connectivity index (χ2v) is 5.70. The van der Waals surface area contributed by atoms with Crippen LogP contribution in [-0.4, -0.2) is 47.1 Å². The zero-order chi connectivity index (χ0) is 13.3. The van der Waals surface area contributed by atoms with Gasteiger partial charge >= 0.3 is 5.97 Å². The molecule has 5 heteroatoms. The van der Waals surface area contributed by atoms with E-state index in [4.69, 9.17) is 5.11 Å². The lowest BCUT2D eigenvalue weighted by Gasteiger charge is -2.34. The number of carboxylic acid groups (broad SMARTS) is 1. The first-order valence-electron chi connectivity index (χ1n) is 6.76. The van der Waals surface area contributed by atoms with E-state index in [9.17, 15) is 9.59 Å². The minimum atomic E-state index is -0.843. The van der Waals surface area contributed by atoms with E-state index in [2.05, 4.69) is 24.1 Å². The summed E-state index contributed by atoms with van der Waals surface area (Å²) in [5.41, 5.74) is 0. The molecule has 102 valence electrons. The first-order valence-corrected chi connectivity index (χ1v) is 6.76. The molecule has 0 aromatic rings. The van der Waals surface area contributed by atoms with Crippen LogP contribution in [0.1, 0.15) is 33.1 Å². The molecule has 18 heavy (non-hydrogen) atoms. The van der Waals surface area contributed by atoms with Gasteiger partial charge in [-0.1, -0.05) is 0 Å². The van der Waals surface area contributed by atoms with Crippen molar-refractivity contribution in [1.82, 2.24) is 10.2 Å². The van der Waals surface area contributed by atoms with Gasteiger partial charge in [0.2, 0.25) is 5.91 Å². The second kappa shape index (κ2) is 5.26. The quantitative estimate of drug-likeness (QED) is 0.774. The molecule has 0 bridgehead atoms. The average molecular weight is 254 g/mol. The molecule has 2 N–H and O–H groups in total. The minimum absolute atomic E-state index is 0.0644. The third kappa shape index (κ3) is 3.02. The molecule has 2 rings (SSSR count). The Hall–Kier alpha value is -1.10. The number of rotatable bonds is 4. The van der Waals surface area contributed by atoms with Crippen molar-refractivity contribution in [3.05, 3.63) is 0 Å². The summed E-state index contributed by atoms with van der Waals surface area (Å²) in [5, 5.41) is 11.8. The van der Waals surface area contributed by atoms with Gasteiger partial charge < -0.3 is 15.3 Å². The molecule has 1 aliphatic carbocycles. The number of nitrogens with zero attached hydrogens (tertiary/aromatic N) is 1. The van der Waals surface area contributed by atoms with Crippen LogP contribution < -0.4 is 5.32 Å². The topological polar surface area (TPSA) is 69.6 Å². The molecular formula is C13H22N2O3. The van der Waals surface area contributed by atoms with E-state index in [1.807, 2.05) is 0 Å². The summed E-state index contributed by atoms with van der Waals surface area (Å²) in [6.45, 7) is 6.38. The first-order chi connectivity index (χ1) is 8.49. The number of hydrogen-bond acceptors (Lipinski definition) is 3. The molecule has 2 fully saturated rings. The van der Waals surface area contributed by atoms with E-state index in [1.54, 1.807) is 0 Å². The number of nitrogens with one attached hydrogen (secondary N) is 1. The van der Waals surface area contributed by atoms with Gasteiger partial charge in [0.15, 0.2) is 0 Å². The largest absolute Gasteiger partial charge is 0.481 e. The number of amides is 1. The van der Waals surface area contributed by atoms with Crippen LogP contribution in [0.4, 0.5) is 0 Å². The molecule has 0 radical (unpaired) electrons. The lowest BCUT2D eigenvalue weighted by atomic mass is 10.0. The highest BCUT2D eigenvalue weighted by atomic mass is 16.4. The molecule has 1 amide bonds. The Labute approximate surface area is 108 Å². The highest BCUT2D eigenvalue weighted by molar-refractivity contribution is 5.89.